The molecule has 1 heterocycles. The van der Waals surface area contributed by atoms with Crippen LogP contribution in [0.5, 0.6) is 0 Å². The largest absolute Gasteiger partial charge is 0.436 e. The van der Waals surface area contributed by atoms with Crippen molar-refractivity contribution < 1.29 is 19.2 Å². The summed E-state index contributed by atoms with van der Waals surface area (Å²) in [6, 6.07) is 6.31. The number of nitrogens with zero attached hydrogens (tertiary/aromatic N) is 1. The Kier molecular flexibility index (Phi) is 3.47. The van der Waals surface area contributed by atoms with E-state index in [4.69, 9.17) is 11.6 Å². The van der Waals surface area contributed by atoms with E-state index < -0.39 is 17.9 Å². The van der Waals surface area contributed by atoms with E-state index in [1.165, 1.54) is 0 Å². The van der Waals surface area contributed by atoms with Crippen LogP contribution in [-0.2, 0) is 14.4 Å². The number of nitrogens with one attached hydrogen (secondary N) is 1. The molecule has 1 aliphatic heterocycles. The highest BCUT2D eigenvalue weighted by molar-refractivity contribution is 6.30. The fourth-order valence-corrected chi connectivity index (χ4v) is 1.54. The van der Waals surface area contributed by atoms with Gasteiger partial charge in [-0.15, -0.1) is 5.06 Å². The zero-order valence-corrected chi connectivity index (χ0v) is 9.94. The van der Waals surface area contributed by atoms with Gasteiger partial charge in [-0.1, -0.05) is 11.6 Å². The summed E-state index contributed by atoms with van der Waals surface area (Å²) in [6.07, 6.45) is -0.777. The van der Waals surface area contributed by atoms with Gasteiger partial charge in [-0.25, -0.2) is 4.79 Å². The second-order valence-electron chi connectivity index (χ2n) is 3.59. The smallest absolute Gasteiger partial charge is 0.311 e. The monoisotopic (exact) mass is 268 g/mol. The molecule has 0 radical (unpaired) electrons. The summed E-state index contributed by atoms with van der Waals surface area (Å²) < 4.78 is 0. The fourth-order valence-electron chi connectivity index (χ4n) is 1.41. The highest BCUT2D eigenvalue weighted by Crippen LogP contribution is 2.15. The lowest BCUT2D eigenvalue weighted by Crippen LogP contribution is -2.33. The van der Waals surface area contributed by atoms with Crippen LogP contribution >= 0.6 is 11.6 Å². The van der Waals surface area contributed by atoms with Crippen molar-refractivity contribution >= 4 is 35.2 Å². The van der Waals surface area contributed by atoms with Gasteiger partial charge in [0.1, 0.15) is 0 Å². The molecule has 0 bridgehead atoms. The molecule has 1 fully saturated rings. The van der Waals surface area contributed by atoms with Gasteiger partial charge in [-0.2, -0.15) is 0 Å². The molecule has 1 aliphatic rings. The van der Waals surface area contributed by atoms with E-state index in [1.807, 2.05) is 0 Å². The first-order valence-electron chi connectivity index (χ1n) is 5.16. The number of rotatable bonds is 2. The standard InChI is InChI=1S/C11H9ClN2O4/c12-7-1-3-8(4-2-7)13-11(17)18-14-9(15)5-6-10(14)16/h1-4H,5-6H2,(H,13,17). The van der Waals surface area contributed by atoms with Crippen molar-refractivity contribution in [2.75, 3.05) is 5.32 Å². The molecule has 6 nitrogen and oxygen atoms in total. The summed E-state index contributed by atoms with van der Waals surface area (Å²) in [5.74, 6) is -1.04. The maximum absolute atomic E-state index is 11.4. The summed E-state index contributed by atoms with van der Waals surface area (Å²) in [5, 5.41) is 3.38. The number of imide groups is 1. The van der Waals surface area contributed by atoms with E-state index in [2.05, 4.69) is 10.2 Å². The number of carbonyl (C=O) groups excluding carboxylic acids is 3. The number of carbonyl (C=O) groups is 3. The van der Waals surface area contributed by atoms with Crippen LogP contribution in [0.3, 0.4) is 0 Å². The summed E-state index contributed by atoms with van der Waals surface area (Å²) in [6.45, 7) is 0. The first-order chi connectivity index (χ1) is 8.56. The number of hydrogen-bond acceptors (Lipinski definition) is 4. The molecule has 0 aliphatic carbocycles. The summed E-state index contributed by atoms with van der Waals surface area (Å²) in [7, 11) is 0. The average molecular weight is 269 g/mol. The van der Waals surface area contributed by atoms with E-state index in [9.17, 15) is 14.4 Å². The second-order valence-corrected chi connectivity index (χ2v) is 4.03. The minimum Gasteiger partial charge on any atom is -0.311 e. The molecule has 0 spiro atoms. The van der Waals surface area contributed by atoms with E-state index in [1.54, 1.807) is 24.3 Å². The van der Waals surface area contributed by atoms with Gasteiger partial charge >= 0.3 is 6.09 Å². The van der Waals surface area contributed by atoms with Gasteiger partial charge in [0.2, 0.25) is 0 Å². The number of halogens is 1. The van der Waals surface area contributed by atoms with Crippen LogP contribution in [0.4, 0.5) is 10.5 Å². The van der Waals surface area contributed by atoms with Gasteiger partial charge in [0.25, 0.3) is 11.8 Å². The quantitative estimate of drug-likeness (QED) is 0.832. The molecule has 3 amide bonds. The molecule has 0 unspecified atom stereocenters. The molecule has 0 atom stereocenters. The third kappa shape index (κ3) is 2.78. The van der Waals surface area contributed by atoms with Crippen LogP contribution in [0.2, 0.25) is 5.02 Å². The average Bonchev–Trinajstić information content (AvgIpc) is 2.64. The molecule has 18 heavy (non-hydrogen) atoms. The lowest BCUT2D eigenvalue weighted by molar-refractivity contribution is -0.170. The summed E-state index contributed by atoms with van der Waals surface area (Å²) in [5.41, 5.74) is 0.448. The Hall–Kier alpha value is -2.08. The molecular formula is C11H9ClN2O4. The molecule has 1 aromatic carbocycles. The number of amides is 3. The Morgan fingerprint density at radius 3 is 2.28 bits per heavy atom. The van der Waals surface area contributed by atoms with Gasteiger partial charge in [0, 0.05) is 23.6 Å². The van der Waals surface area contributed by atoms with Crippen molar-refractivity contribution in [2.45, 2.75) is 12.8 Å². The Morgan fingerprint density at radius 1 is 1.17 bits per heavy atom. The zero-order valence-electron chi connectivity index (χ0n) is 9.18. The Labute approximate surface area is 107 Å². The molecule has 94 valence electrons. The molecule has 1 saturated heterocycles. The van der Waals surface area contributed by atoms with Gasteiger partial charge in [-0.3, -0.25) is 14.9 Å². The van der Waals surface area contributed by atoms with E-state index in [0.29, 0.717) is 15.8 Å². The minimum absolute atomic E-state index is 0.0626. The van der Waals surface area contributed by atoms with Crippen molar-refractivity contribution in [3.05, 3.63) is 29.3 Å². The van der Waals surface area contributed by atoms with Crippen molar-refractivity contribution in [2.24, 2.45) is 0 Å². The van der Waals surface area contributed by atoms with Crippen LogP contribution in [0.25, 0.3) is 0 Å². The fraction of sp³-hybridized carbons (Fsp3) is 0.182. The van der Waals surface area contributed by atoms with Gasteiger partial charge in [0.15, 0.2) is 0 Å². The van der Waals surface area contributed by atoms with Crippen molar-refractivity contribution in [3.63, 3.8) is 0 Å². The molecule has 2 rings (SSSR count). The van der Waals surface area contributed by atoms with Crippen LogP contribution in [0.15, 0.2) is 24.3 Å². The van der Waals surface area contributed by atoms with Crippen LogP contribution in [0, 0.1) is 0 Å². The number of hydrogen-bond donors (Lipinski definition) is 1. The van der Waals surface area contributed by atoms with E-state index in [0.717, 1.165) is 0 Å². The van der Waals surface area contributed by atoms with Crippen LogP contribution < -0.4 is 5.32 Å². The summed E-state index contributed by atoms with van der Waals surface area (Å²) >= 11 is 5.68. The Bertz CT molecular complexity index is 484. The molecule has 0 saturated carbocycles. The molecule has 1 N–H and O–H groups in total. The number of anilines is 1. The molecule has 0 aromatic heterocycles. The lowest BCUT2D eigenvalue weighted by Gasteiger charge is -2.13. The van der Waals surface area contributed by atoms with Crippen molar-refractivity contribution in [3.8, 4) is 0 Å². The maximum atomic E-state index is 11.4. The van der Waals surface area contributed by atoms with Crippen molar-refractivity contribution in [1.82, 2.24) is 5.06 Å². The third-order valence-corrected chi connectivity index (χ3v) is 2.52. The van der Waals surface area contributed by atoms with E-state index >= 15 is 0 Å². The first kappa shape index (κ1) is 12.4. The predicted molar refractivity (Wildman–Crippen MR) is 62.6 cm³/mol. The van der Waals surface area contributed by atoms with Gasteiger partial charge in [0.05, 0.1) is 0 Å². The maximum Gasteiger partial charge on any atom is 0.436 e. The summed E-state index contributed by atoms with van der Waals surface area (Å²) in [4.78, 5) is 38.5. The van der Waals surface area contributed by atoms with Gasteiger partial charge < -0.3 is 4.84 Å². The zero-order chi connectivity index (χ0) is 13.1. The normalized spacial score (nSPS) is 14.8. The van der Waals surface area contributed by atoms with Crippen molar-refractivity contribution in [1.29, 1.82) is 0 Å². The SMILES string of the molecule is O=C(Nc1ccc(Cl)cc1)ON1C(=O)CCC1=O. The highest BCUT2D eigenvalue weighted by atomic mass is 35.5. The number of hydroxylamine groups is 2. The van der Waals surface area contributed by atoms with Gasteiger partial charge in [-0.05, 0) is 24.3 Å². The first-order valence-corrected chi connectivity index (χ1v) is 5.54. The predicted octanol–water partition coefficient (Wildman–Crippen LogP) is 1.95. The molecule has 1 aromatic rings. The Morgan fingerprint density at radius 2 is 1.72 bits per heavy atom. The van der Waals surface area contributed by atoms with Crippen LogP contribution in [0.1, 0.15) is 12.8 Å². The minimum atomic E-state index is -0.902. The topological polar surface area (TPSA) is 75.7 Å². The molecule has 7 heteroatoms. The highest BCUT2D eigenvalue weighted by Gasteiger charge is 2.32. The Balaban J connectivity index is 1.94. The van der Waals surface area contributed by atoms with Crippen LogP contribution in [-0.4, -0.2) is 23.0 Å². The molecular weight excluding hydrogens is 260 g/mol. The number of benzene rings is 1. The lowest BCUT2D eigenvalue weighted by atomic mass is 10.3. The van der Waals surface area contributed by atoms with E-state index in [-0.39, 0.29) is 12.8 Å². The second kappa shape index (κ2) is 5.05. The third-order valence-electron chi connectivity index (χ3n) is 2.27.